The number of nitrogens with zero attached hydrogens (tertiary/aromatic N) is 4. The molecule has 0 unspecified atom stereocenters. The van der Waals surface area contributed by atoms with E-state index in [9.17, 15) is 9.18 Å². The minimum absolute atomic E-state index is 0.0334. The van der Waals surface area contributed by atoms with Gasteiger partial charge in [-0.2, -0.15) is 0 Å². The summed E-state index contributed by atoms with van der Waals surface area (Å²) in [5, 5.41) is 0. The van der Waals surface area contributed by atoms with E-state index < -0.39 is 5.41 Å². The summed E-state index contributed by atoms with van der Waals surface area (Å²) < 4.78 is 21.0. The predicted octanol–water partition coefficient (Wildman–Crippen LogP) is 3.07. The maximum Gasteiger partial charge on any atom is 0.230 e. The van der Waals surface area contributed by atoms with E-state index in [1.165, 1.54) is 6.07 Å². The Hall–Kier alpha value is -2.25. The SMILES string of the molecule is COCCN1CC[C@]2(CN(Cc3cccc(F)c3)C[C@@H]2c2cn(C(C)C)cn2)C1=O. The van der Waals surface area contributed by atoms with E-state index in [0.717, 1.165) is 30.8 Å². The summed E-state index contributed by atoms with van der Waals surface area (Å²) >= 11 is 0. The van der Waals surface area contributed by atoms with Crippen molar-refractivity contribution in [1.82, 2.24) is 19.4 Å². The number of amides is 1. The molecule has 4 rings (SSSR count). The zero-order valence-corrected chi connectivity index (χ0v) is 18.1. The summed E-state index contributed by atoms with van der Waals surface area (Å²) in [4.78, 5) is 22.5. The first kappa shape index (κ1) is 21.0. The molecule has 2 aliphatic heterocycles. The van der Waals surface area contributed by atoms with Crippen molar-refractivity contribution in [3.05, 3.63) is 53.9 Å². The Bertz CT molecular complexity index is 899. The summed E-state index contributed by atoms with van der Waals surface area (Å²) in [6.45, 7) is 8.21. The van der Waals surface area contributed by atoms with Crippen molar-refractivity contribution in [3.8, 4) is 0 Å². The zero-order chi connectivity index (χ0) is 21.3. The number of carbonyl (C=O) groups excluding carboxylic acids is 1. The highest BCUT2D eigenvalue weighted by atomic mass is 19.1. The Balaban J connectivity index is 1.61. The van der Waals surface area contributed by atoms with Crippen LogP contribution in [0.5, 0.6) is 0 Å². The highest BCUT2D eigenvalue weighted by Gasteiger charge is 2.57. The number of benzene rings is 1. The van der Waals surface area contributed by atoms with Crippen LogP contribution in [0, 0.1) is 11.2 Å². The second-order valence-corrected chi connectivity index (χ2v) is 8.88. The van der Waals surface area contributed by atoms with Crippen LogP contribution in [0.1, 0.15) is 43.5 Å². The average molecular weight is 415 g/mol. The number of carbonyl (C=O) groups is 1. The number of methoxy groups -OCH3 is 1. The Morgan fingerprint density at radius 3 is 2.90 bits per heavy atom. The number of likely N-dealkylation sites (tertiary alicyclic amines) is 2. The highest BCUT2D eigenvalue weighted by molar-refractivity contribution is 5.86. The molecule has 1 aromatic carbocycles. The molecule has 2 atom stereocenters. The van der Waals surface area contributed by atoms with Crippen molar-refractivity contribution in [1.29, 1.82) is 0 Å². The summed E-state index contributed by atoms with van der Waals surface area (Å²) in [6.07, 6.45) is 4.77. The van der Waals surface area contributed by atoms with Gasteiger partial charge in [0.25, 0.3) is 0 Å². The van der Waals surface area contributed by atoms with Gasteiger partial charge in [-0.15, -0.1) is 0 Å². The van der Waals surface area contributed by atoms with Crippen molar-refractivity contribution in [3.63, 3.8) is 0 Å². The largest absolute Gasteiger partial charge is 0.383 e. The van der Waals surface area contributed by atoms with Gasteiger partial charge in [-0.05, 0) is 38.0 Å². The van der Waals surface area contributed by atoms with Gasteiger partial charge in [-0.1, -0.05) is 12.1 Å². The van der Waals surface area contributed by atoms with Crippen LogP contribution in [-0.4, -0.2) is 65.2 Å². The van der Waals surface area contributed by atoms with Crippen molar-refractivity contribution in [2.24, 2.45) is 5.41 Å². The molecule has 0 bridgehead atoms. The van der Waals surface area contributed by atoms with Crippen LogP contribution in [0.15, 0.2) is 36.8 Å². The van der Waals surface area contributed by atoms with Crippen molar-refractivity contribution in [2.75, 3.05) is 39.9 Å². The van der Waals surface area contributed by atoms with Gasteiger partial charge in [-0.25, -0.2) is 9.37 Å². The molecule has 162 valence electrons. The van der Waals surface area contributed by atoms with Crippen LogP contribution in [-0.2, 0) is 16.1 Å². The smallest absolute Gasteiger partial charge is 0.230 e. The van der Waals surface area contributed by atoms with Gasteiger partial charge in [0.15, 0.2) is 0 Å². The number of ether oxygens (including phenoxy) is 1. The predicted molar refractivity (Wildman–Crippen MR) is 113 cm³/mol. The van der Waals surface area contributed by atoms with Crippen LogP contribution in [0.4, 0.5) is 4.39 Å². The number of rotatable bonds is 7. The molecule has 0 saturated carbocycles. The van der Waals surface area contributed by atoms with E-state index in [-0.39, 0.29) is 17.6 Å². The second kappa shape index (κ2) is 8.47. The molecule has 0 aliphatic carbocycles. The lowest BCUT2D eigenvalue weighted by Crippen LogP contribution is -2.40. The fourth-order valence-corrected chi connectivity index (χ4v) is 4.95. The Kier molecular flexibility index (Phi) is 5.93. The summed E-state index contributed by atoms with van der Waals surface area (Å²) in [7, 11) is 1.66. The van der Waals surface area contributed by atoms with Crippen LogP contribution in [0.3, 0.4) is 0 Å². The number of hydrogen-bond donors (Lipinski definition) is 0. The molecule has 1 aromatic heterocycles. The number of halogens is 1. The third kappa shape index (κ3) is 3.88. The van der Waals surface area contributed by atoms with E-state index in [4.69, 9.17) is 9.72 Å². The molecule has 6 nitrogen and oxygen atoms in total. The molecule has 3 heterocycles. The van der Waals surface area contributed by atoms with Gasteiger partial charge < -0.3 is 14.2 Å². The Morgan fingerprint density at radius 2 is 2.20 bits per heavy atom. The average Bonchev–Trinajstić information content (AvgIpc) is 3.40. The van der Waals surface area contributed by atoms with Crippen LogP contribution >= 0.6 is 0 Å². The first-order valence-corrected chi connectivity index (χ1v) is 10.7. The number of hydrogen-bond acceptors (Lipinski definition) is 4. The third-order valence-electron chi connectivity index (χ3n) is 6.59. The molecular formula is C23H31FN4O2. The Morgan fingerprint density at radius 1 is 1.37 bits per heavy atom. The van der Waals surface area contributed by atoms with Gasteiger partial charge in [0.1, 0.15) is 5.82 Å². The van der Waals surface area contributed by atoms with Gasteiger partial charge in [0, 0.05) is 58.0 Å². The monoisotopic (exact) mass is 414 g/mol. The molecule has 2 aliphatic rings. The zero-order valence-electron chi connectivity index (χ0n) is 18.1. The topological polar surface area (TPSA) is 50.6 Å². The van der Waals surface area contributed by atoms with E-state index >= 15 is 0 Å². The fourth-order valence-electron chi connectivity index (χ4n) is 4.95. The first-order chi connectivity index (χ1) is 14.4. The lowest BCUT2D eigenvalue weighted by molar-refractivity contribution is -0.136. The van der Waals surface area contributed by atoms with Crippen LogP contribution < -0.4 is 0 Å². The first-order valence-electron chi connectivity index (χ1n) is 10.7. The molecule has 2 fully saturated rings. The fraction of sp³-hybridized carbons (Fsp3) is 0.565. The lowest BCUT2D eigenvalue weighted by Gasteiger charge is -2.28. The molecule has 0 radical (unpaired) electrons. The lowest BCUT2D eigenvalue weighted by atomic mass is 9.75. The van der Waals surface area contributed by atoms with Crippen LogP contribution in [0.2, 0.25) is 0 Å². The van der Waals surface area contributed by atoms with E-state index in [0.29, 0.717) is 32.3 Å². The minimum Gasteiger partial charge on any atom is -0.383 e. The molecule has 1 spiro atoms. The van der Waals surface area contributed by atoms with E-state index in [2.05, 4.69) is 29.5 Å². The maximum absolute atomic E-state index is 13.7. The maximum atomic E-state index is 13.7. The minimum atomic E-state index is -0.475. The standard InChI is InChI=1S/C23H31FN4O2/c1-17(2)28-14-21(25-16-28)20-13-26(12-18-5-4-6-19(24)11-18)15-23(20)7-8-27(22(23)29)9-10-30-3/h4-6,11,14,16-17,20H,7-10,12-13,15H2,1-3H3/t20-,23-/m1/s1. The molecule has 0 N–H and O–H groups in total. The quantitative estimate of drug-likeness (QED) is 0.699. The number of imidazole rings is 1. The van der Waals surface area contributed by atoms with Crippen LogP contribution in [0.25, 0.3) is 0 Å². The highest BCUT2D eigenvalue weighted by Crippen LogP contribution is 2.49. The van der Waals surface area contributed by atoms with Crippen molar-refractivity contribution in [2.45, 2.75) is 38.8 Å². The molecular weight excluding hydrogens is 383 g/mol. The second-order valence-electron chi connectivity index (χ2n) is 8.88. The summed E-state index contributed by atoms with van der Waals surface area (Å²) in [5.41, 5.74) is 1.43. The molecule has 2 saturated heterocycles. The third-order valence-corrected chi connectivity index (χ3v) is 6.59. The van der Waals surface area contributed by atoms with Crippen molar-refractivity contribution >= 4 is 5.91 Å². The summed E-state index contributed by atoms with van der Waals surface area (Å²) in [5.74, 6) is 0.00723. The molecule has 2 aromatic rings. The van der Waals surface area contributed by atoms with Gasteiger partial charge in [0.05, 0.1) is 24.0 Å². The van der Waals surface area contributed by atoms with E-state index in [1.807, 2.05) is 17.3 Å². The molecule has 7 heteroatoms. The van der Waals surface area contributed by atoms with Crippen molar-refractivity contribution < 1.29 is 13.9 Å². The molecule has 1 amide bonds. The summed E-state index contributed by atoms with van der Waals surface area (Å²) in [6, 6.07) is 7.05. The normalized spacial score (nSPS) is 24.6. The Labute approximate surface area is 177 Å². The van der Waals surface area contributed by atoms with Gasteiger partial charge in [-0.3, -0.25) is 9.69 Å². The van der Waals surface area contributed by atoms with E-state index in [1.54, 1.807) is 19.2 Å². The number of aromatic nitrogens is 2. The van der Waals surface area contributed by atoms with Gasteiger partial charge >= 0.3 is 0 Å². The molecule has 30 heavy (non-hydrogen) atoms. The van der Waals surface area contributed by atoms with Gasteiger partial charge in [0.2, 0.25) is 5.91 Å².